The number of nitrogens with zero attached hydrogens (tertiary/aromatic N) is 3. The van der Waals surface area contributed by atoms with Crippen molar-refractivity contribution in [2.24, 2.45) is 35.0 Å². The van der Waals surface area contributed by atoms with E-state index in [-0.39, 0.29) is 71.9 Å². The van der Waals surface area contributed by atoms with Gasteiger partial charge in [-0.25, -0.2) is 4.79 Å². The van der Waals surface area contributed by atoms with E-state index in [0.717, 1.165) is 12.0 Å². The molecule has 13 heteroatoms. The number of benzene rings is 1. The third-order valence-electron chi connectivity index (χ3n) is 12.4. The van der Waals surface area contributed by atoms with Crippen LogP contribution in [0.4, 0.5) is 4.79 Å². The number of likely N-dealkylation sites (N-methyl/N-ethyl adjacent to an activating group) is 2. The second-order valence-electron chi connectivity index (χ2n) is 19.1. The van der Waals surface area contributed by atoms with Gasteiger partial charge >= 0.3 is 6.09 Å². The number of carbonyl (C=O) groups is 6. The summed E-state index contributed by atoms with van der Waals surface area (Å²) < 4.78 is 17.3. The molecule has 1 saturated heterocycles. The maximum atomic E-state index is 14.5. The summed E-state index contributed by atoms with van der Waals surface area (Å²) in [7, 11) is 6.36. The van der Waals surface area contributed by atoms with E-state index in [2.05, 4.69) is 5.32 Å². The molecule has 1 heterocycles. The van der Waals surface area contributed by atoms with E-state index in [1.165, 1.54) is 4.90 Å². The molecule has 1 aliphatic heterocycles. The fourth-order valence-electron chi connectivity index (χ4n) is 8.93. The van der Waals surface area contributed by atoms with Gasteiger partial charge in [-0.1, -0.05) is 106 Å². The van der Waals surface area contributed by atoms with Gasteiger partial charge in [0.05, 0.1) is 55.3 Å². The molecule has 0 aromatic heterocycles. The predicted molar refractivity (Wildman–Crippen MR) is 239 cm³/mol. The van der Waals surface area contributed by atoms with Gasteiger partial charge in [0.15, 0.2) is 11.6 Å². The van der Waals surface area contributed by atoms with Crippen LogP contribution in [-0.2, 0) is 44.6 Å². The second-order valence-corrected chi connectivity index (χ2v) is 19.1. The zero-order valence-corrected chi connectivity index (χ0v) is 40.1. The maximum absolute atomic E-state index is 14.5. The van der Waals surface area contributed by atoms with Gasteiger partial charge in [0.25, 0.3) is 0 Å². The summed E-state index contributed by atoms with van der Waals surface area (Å²) in [6.45, 7) is 21.8. The normalized spacial score (nSPS) is 18.4. The van der Waals surface area contributed by atoms with Crippen LogP contribution in [0.15, 0.2) is 30.3 Å². The van der Waals surface area contributed by atoms with E-state index in [1.807, 2.05) is 92.6 Å². The number of Topliss-reactive ketones (excluding diaryl/α,β-unsaturated/α-hetero) is 2. The molecule has 2 rings (SSSR count). The van der Waals surface area contributed by atoms with E-state index >= 15 is 0 Å². The topological polar surface area (TPSA) is 152 Å². The molecule has 1 aromatic carbocycles. The molecule has 346 valence electrons. The number of hydrogen-bond acceptors (Lipinski definition) is 9. The standard InChI is InChI=1S/C48H80N4O9/c1-16-32(7)43(50(12)46(57)35(30(3)4)27-38(53)42(31(5)6)51(13)47(58)61-17-2)40(59-14)28-41(55)52-25-21-24-37(52)44(60-15)33(8)45(56)49-36(39(54)29-48(9,10)11)26-34-22-19-18-20-23-34/h18-20,22-23,30-33,35-37,40,42-44H,16-17,21,24-29H2,1-15H3,(H,49,56)/t32-,33+,35-,36-,37-,40+,42-,43-,44+/m0/s1. The molecule has 61 heavy (non-hydrogen) atoms. The summed E-state index contributed by atoms with van der Waals surface area (Å²) in [4.78, 5) is 87.7. The van der Waals surface area contributed by atoms with Crippen LogP contribution in [0.3, 0.4) is 0 Å². The molecule has 1 aliphatic rings. The Morgan fingerprint density at radius 3 is 1.98 bits per heavy atom. The van der Waals surface area contributed by atoms with Crippen molar-refractivity contribution >= 4 is 35.4 Å². The Bertz CT molecular complexity index is 1580. The smallest absolute Gasteiger partial charge is 0.410 e. The van der Waals surface area contributed by atoms with Crippen LogP contribution in [0.5, 0.6) is 0 Å². The Kier molecular flexibility index (Phi) is 21.6. The lowest BCUT2D eigenvalue weighted by atomic mass is 9.83. The van der Waals surface area contributed by atoms with Gasteiger partial charge in [0, 0.05) is 53.6 Å². The van der Waals surface area contributed by atoms with Gasteiger partial charge < -0.3 is 34.2 Å². The average Bonchev–Trinajstić information content (AvgIpc) is 3.68. The lowest BCUT2D eigenvalue weighted by molar-refractivity contribution is -0.149. The lowest BCUT2D eigenvalue weighted by Crippen LogP contribution is -2.55. The minimum Gasteiger partial charge on any atom is -0.450 e. The molecule has 13 nitrogen and oxygen atoms in total. The number of hydrogen-bond donors (Lipinski definition) is 1. The highest BCUT2D eigenvalue weighted by molar-refractivity contribution is 5.92. The van der Waals surface area contributed by atoms with Gasteiger partial charge in [-0.2, -0.15) is 0 Å². The molecule has 1 aromatic rings. The molecule has 0 bridgehead atoms. The molecule has 1 fully saturated rings. The van der Waals surface area contributed by atoms with E-state index in [9.17, 15) is 28.8 Å². The molecule has 0 radical (unpaired) electrons. The first-order chi connectivity index (χ1) is 28.5. The largest absolute Gasteiger partial charge is 0.450 e. The molecule has 0 spiro atoms. The monoisotopic (exact) mass is 857 g/mol. The highest BCUT2D eigenvalue weighted by atomic mass is 16.6. The quantitative estimate of drug-likeness (QED) is 0.116. The van der Waals surface area contributed by atoms with Crippen LogP contribution < -0.4 is 5.32 Å². The number of carbonyl (C=O) groups excluding carboxylic acids is 6. The van der Waals surface area contributed by atoms with Crippen LogP contribution in [0.1, 0.15) is 120 Å². The Morgan fingerprint density at radius 1 is 0.852 bits per heavy atom. The van der Waals surface area contributed by atoms with E-state index in [4.69, 9.17) is 14.2 Å². The van der Waals surface area contributed by atoms with Gasteiger partial charge in [-0.15, -0.1) is 0 Å². The van der Waals surface area contributed by atoms with Crippen LogP contribution in [0.25, 0.3) is 0 Å². The number of amides is 4. The minimum absolute atomic E-state index is 0.0118. The first kappa shape index (κ1) is 53.3. The fraction of sp³-hybridized carbons (Fsp3) is 0.750. The minimum atomic E-state index is -0.766. The number of nitrogens with one attached hydrogen (secondary N) is 1. The van der Waals surface area contributed by atoms with Crippen molar-refractivity contribution in [3.63, 3.8) is 0 Å². The SMILES string of the molecule is CCOC(=O)N(C)[C@H](C(=O)C[C@H](C(=O)N(C)[C@@H]([C@@H](C)CC)[C@@H](CC(=O)N1CCC[C@H]1[C@H](OC)[C@@H](C)C(=O)N[C@@H](Cc1ccccc1)C(=O)CC(C)(C)C)OC)C(C)C)C(C)C. The lowest BCUT2D eigenvalue weighted by Gasteiger charge is -2.41. The Labute approximate surface area is 367 Å². The summed E-state index contributed by atoms with van der Waals surface area (Å²) in [5.74, 6) is -2.79. The molecule has 0 saturated carbocycles. The van der Waals surface area contributed by atoms with Crippen molar-refractivity contribution in [1.29, 1.82) is 0 Å². The van der Waals surface area contributed by atoms with Gasteiger partial charge in [0.2, 0.25) is 17.7 Å². The molecule has 9 atom stereocenters. The molecule has 0 aliphatic carbocycles. The van der Waals surface area contributed by atoms with Crippen molar-refractivity contribution in [2.45, 2.75) is 157 Å². The summed E-state index contributed by atoms with van der Waals surface area (Å²) in [5, 5.41) is 3.05. The third-order valence-corrected chi connectivity index (χ3v) is 12.4. The van der Waals surface area contributed by atoms with Crippen LogP contribution >= 0.6 is 0 Å². The Morgan fingerprint density at radius 2 is 1.48 bits per heavy atom. The van der Waals surface area contributed by atoms with E-state index in [1.54, 1.807) is 52.0 Å². The van der Waals surface area contributed by atoms with Crippen LogP contribution in [-0.4, -0.2) is 128 Å². The van der Waals surface area contributed by atoms with Gasteiger partial charge in [-0.3, -0.25) is 24.0 Å². The molecule has 1 N–H and O–H groups in total. The summed E-state index contributed by atoms with van der Waals surface area (Å²) in [6, 6.07) is 7.26. The zero-order chi connectivity index (χ0) is 46.4. The van der Waals surface area contributed by atoms with Crippen molar-refractivity contribution < 1.29 is 43.0 Å². The number of methoxy groups -OCH3 is 2. The highest BCUT2D eigenvalue weighted by Crippen LogP contribution is 2.31. The van der Waals surface area contributed by atoms with Crippen molar-refractivity contribution in [3.8, 4) is 0 Å². The molecular weight excluding hydrogens is 777 g/mol. The van der Waals surface area contributed by atoms with Crippen molar-refractivity contribution in [3.05, 3.63) is 35.9 Å². The first-order valence-electron chi connectivity index (χ1n) is 22.5. The molecule has 0 unspecified atom stereocenters. The summed E-state index contributed by atoms with van der Waals surface area (Å²) in [5.41, 5.74) is 0.690. The fourth-order valence-corrected chi connectivity index (χ4v) is 8.93. The number of rotatable bonds is 24. The highest BCUT2D eigenvalue weighted by Gasteiger charge is 2.44. The Balaban J connectivity index is 2.33. The van der Waals surface area contributed by atoms with Crippen molar-refractivity contribution in [1.82, 2.24) is 20.0 Å². The summed E-state index contributed by atoms with van der Waals surface area (Å²) in [6.07, 6.45) is 0.763. The zero-order valence-electron chi connectivity index (χ0n) is 40.1. The maximum Gasteiger partial charge on any atom is 0.410 e. The number of ketones is 2. The molecule has 4 amide bonds. The number of ether oxygens (including phenoxy) is 3. The summed E-state index contributed by atoms with van der Waals surface area (Å²) >= 11 is 0. The molecular formula is C48H80N4O9. The van der Waals surface area contributed by atoms with Gasteiger partial charge in [-0.05, 0) is 54.9 Å². The number of likely N-dealkylation sites (tertiary alicyclic amines) is 1. The average molecular weight is 857 g/mol. The van der Waals surface area contributed by atoms with Gasteiger partial charge in [0.1, 0.15) is 0 Å². The second kappa shape index (κ2) is 24.7. The van der Waals surface area contributed by atoms with Crippen molar-refractivity contribution in [2.75, 3.05) is 41.5 Å². The third kappa shape index (κ3) is 15.2. The van der Waals surface area contributed by atoms with E-state index < -0.39 is 54.3 Å². The van der Waals surface area contributed by atoms with E-state index in [0.29, 0.717) is 32.2 Å². The van der Waals surface area contributed by atoms with Crippen LogP contribution in [0, 0.1) is 35.0 Å². The van der Waals surface area contributed by atoms with Crippen LogP contribution in [0.2, 0.25) is 0 Å². The first-order valence-corrected chi connectivity index (χ1v) is 22.5. The Hall–Kier alpha value is -3.84. The predicted octanol–water partition coefficient (Wildman–Crippen LogP) is 6.98.